The van der Waals surface area contributed by atoms with Crippen LogP contribution in [-0.4, -0.2) is 14.3 Å². The van der Waals surface area contributed by atoms with Crippen molar-refractivity contribution in [3.05, 3.63) is 64.5 Å². The van der Waals surface area contributed by atoms with Crippen LogP contribution in [-0.2, 0) is 0 Å². The van der Waals surface area contributed by atoms with Gasteiger partial charge in [-0.2, -0.15) is 4.39 Å². The lowest BCUT2D eigenvalue weighted by atomic mass is 10.1. The minimum atomic E-state index is -0.909. The van der Waals surface area contributed by atoms with Crippen molar-refractivity contribution in [2.45, 2.75) is 0 Å². The quantitative estimate of drug-likeness (QED) is 0.533. The summed E-state index contributed by atoms with van der Waals surface area (Å²) in [6, 6.07) is 6.25. The summed E-state index contributed by atoms with van der Waals surface area (Å²) in [5, 5.41) is 10.7. The molecule has 0 unspecified atom stereocenters. The molecule has 0 aliphatic carbocycles. The Balaban J connectivity index is 2.15. The molecule has 0 atom stereocenters. The zero-order valence-electron chi connectivity index (χ0n) is 9.96. The van der Waals surface area contributed by atoms with E-state index in [9.17, 15) is 18.9 Å². The summed E-state index contributed by atoms with van der Waals surface area (Å²) in [6.07, 6.45) is 2.76. The van der Waals surface area contributed by atoms with Crippen molar-refractivity contribution in [1.82, 2.24) is 9.38 Å². The van der Waals surface area contributed by atoms with E-state index in [1.54, 1.807) is 0 Å². The normalized spacial score (nSPS) is 10.9. The van der Waals surface area contributed by atoms with Gasteiger partial charge in [0.05, 0.1) is 10.6 Å². The summed E-state index contributed by atoms with van der Waals surface area (Å²) >= 11 is 0. The highest BCUT2D eigenvalue weighted by Crippen LogP contribution is 2.26. The smallest absolute Gasteiger partial charge is 0.304 e. The lowest BCUT2D eigenvalue weighted by Gasteiger charge is -1.97. The molecule has 3 aromatic rings. The first-order chi connectivity index (χ1) is 9.54. The van der Waals surface area contributed by atoms with Gasteiger partial charge in [-0.1, -0.05) is 0 Å². The van der Waals surface area contributed by atoms with Crippen molar-refractivity contribution in [3.63, 3.8) is 0 Å². The molecule has 0 amide bonds. The van der Waals surface area contributed by atoms with E-state index in [-0.39, 0.29) is 0 Å². The molecule has 0 spiro atoms. The molecule has 7 heteroatoms. The molecule has 0 fully saturated rings. The maximum Gasteiger partial charge on any atom is 0.305 e. The van der Waals surface area contributed by atoms with Gasteiger partial charge in [-0.15, -0.1) is 0 Å². The molecule has 2 heterocycles. The van der Waals surface area contributed by atoms with Crippen molar-refractivity contribution in [2.75, 3.05) is 0 Å². The highest BCUT2D eigenvalue weighted by atomic mass is 19.1. The maximum atomic E-state index is 13.3. The molecule has 0 aliphatic heterocycles. The topological polar surface area (TPSA) is 60.4 Å². The Hall–Kier alpha value is -2.83. The van der Waals surface area contributed by atoms with E-state index >= 15 is 0 Å². The van der Waals surface area contributed by atoms with Crippen LogP contribution in [0.15, 0.2) is 42.7 Å². The second kappa shape index (κ2) is 4.37. The molecule has 0 saturated heterocycles. The van der Waals surface area contributed by atoms with Gasteiger partial charge < -0.3 is 4.40 Å². The molecular formula is C13H7F2N3O2. The maximum absolute atomic E-state index is 13.3. The predicted molar refractivity (Wildman–Crippen MR) is 67.2 cm³/mol. The van der Waals surface area contributed by atoms with Gasteiger partial charge in [0, 0.05) is 24.0 Å². The van der Waals surface area contributed by atoms with E-state index in [0.717, 1.165) is 12.1 Å². The molecule has 0 radical (unpaired) electrons. The Morgan fingerprint density at radius 2 is 1.95 bits per heavy atom. The zero-order chi connectivity index (χ0) is 14.3. The third kappa shape index (κ3) is 1.99. The van der Waals surface area contributed by atoms with Gasteiger partial charge in [-0.05, 0) is 24.3 Å². The van der Waals surface area contributed by atoms with E-state index in [4.69, 9.17) is 0 Å². The van der Waals surface area contributed by atoms with Gasteiger partial charge in [-0.3, -0.25) is 10.1 Å². The molecule has 5 nitrogen and oxygen atoms in total. The number of imidazole rings is 1. The number of nitro benzene ring substituents is 1. The van der Waals surface area contributed by atoms with Gasteiger partial charge in [0.25, 0.3) is 0 Å². The molecular weight excluding hydrogens is 268 g/mol. The Bertz CT molecular complexity index is 830. The fourth-order valence-corrected chi connectivity index (χ4v) is 1.92. The largest absolute Gasteiger partial charge is 0.305 e. The molecule has 2 aromatic heterocycles. The van der Waals surface area contributed by atoms with Gasteiger partial charge in [0.15, 0.2) is 0 Å². The van der Waals surface area contributed by atoms with Crippen LogP contribution in [0.2, 0.25) is 0 Å². The number of hydrogen-bond donors (Lipinski definition) is 0. The second-order valence-corrected chi connectivity index (χ2v) is 4.16. The summed E-state index contributed by atoms with van der Waals surface area (Å²) in [6.45, 7) is 0. The first-order valence-corrected chi connectivity index (χ1v) is 5.63. The van der Waals surface area contributed by atoms with Crippen LogP contribution in [0.3, 0.4) is 0 Å². The van der Waals surface area contributed by atoms with E-state index in [0.29, 0.717) is 16.9 Å². The monoisotopic (exact) mass is 275 g/mol. The summed E-state index contributed by atoms with van der Waals surface area (Å²) < 4.78 is 27.8. The zero-order valence-corrected chi connectivity index (χ0v) is 9.96. The summed E-state index contributed by atoms with van der Waals surface area (Å²) in [7, 11) is 0. The van der Waals surface area contributed by atoms with Crippen LogP contribution in [0.25, 0.3) is 16.9 Å². The number of hydrogen-bond acceptors (Lipinski definition) is 3. The Morgan fingerprint density at radius 3 is 2.70 bits per heavy atom. The Labute approximate surface area is 111 Å². The molecule has 100 valence electrons. The number of benzene rings is 1. The van der Waals surface area contributed by atoms with Crippen LogP contribution in [0, 0.1) is 21.7 Å². The van der Waals surface area contributed by atoms with Crippen molar-refractivity contribution in [2.24, 2.45) is 0 Å². The summed E-state index contributed by atoms with van der Waals surface area (Å²) in [4.78, 5) is 14.1. The van der Waals surface area contributed by atoms with Crippen LogP contribution >= 0.6 is 0 Å². The first kappa shape index (κ1) is 12.2. The Kier molecular flexibility index (Phi) is 2.67. The fraction of sp³-hybridized carbons (Fsp3) is 0. The van der Waals surface area contributed by atoms with E-state index in [2.05, 4.69) is 4.98 Å². The fourth-order valence-electron chi connectivity index (χ4n) is 1.92. The molecule has 20 heavy (non-hydrogen) atoms. The van der Waals surface area contributed by atoms with Crippen molar-refractivity contribution < 1.29 is 13.7 Å². The SMILES string of the molecule is O=[N+]([O-])c1cc(-c2cn3cc(F)ccc3n2)ccc1F. The number of nitro groups is 1. The second-order valence-electron chi connectivity index (χ2n) is 4.16. The number of halogens is 2. The van der Waals surface area contributed by atoms with E-state index < -0.39 is 22.2 Å². The van der Waals surface area contributed by atoms with Crippen molar-refractivity contribution in [1.29, 1.82) is 0 Å². The van der Waals surface area contributed by atoms with Crippen LogP contribution < -0.4 is 0 Å². The van der Waals surface area contributed by atoms with Crippen LogP contribution in [0.1, 0.15) is 0 Å². The summed E-state index contributed by atoms with van der Waals surface area (Å²) in [5.74, 6) is -1.33. The molecule has 0 N–H and O–H groups in total. The summed E-state index contributed by atoms with van der Waals surface area (Å²) in [5.41, 5.74) is 0.667. The van der Waals surface area contributed by atoms with Crippen LogP contribution in [0.4, 0.5) is 14.5 Å². The number of pyridine rings is 1. The lowest BCUT2D eigenvalue weighted by Crippen LogP contribution is -1.92. The standard InChI is InChI=1S/C13H7F2N3O2/c14-9-2-4-13-16-11(7-17(13)6-9)8-1-3-10(15)12(5-8)18(19)20/h1-7H. The third-order valence-corrected chi connectivity index (χ3v) is 2.85. The van der Waals surface area contributed by atoms with Crippen LogP contribution in [0.5, 0.6) is 0 Å². The number of rotatable bonds is 2. The minimum absolute atomic E-state index is 0.391. The van der Waals surface area contributed by atoms with Gasteiger partial charge >= 0.3 is 5.69 Å². The predicted octanol–water partition coefficient (Wildman–Crippen LogP) is 3.19. The van der Waals surface area contributed by atoms with Crippen molar-refractivity contribution >= 4 is 11.3 Å². The van der Waals surface area contributed by atoms with Gasteiger partial charge in [0.1, 0.15) is 11.5 Å². The number of aromatic nitrogens is 2. The first-order valence-electron chi connectivity index (χ1n) is 5.63. The minimum Gasteiger partial charge on any atom is -0.304 e. The highest BCUT2D eigenvalue weighted by molar-refractivity contribution is 5.65. The Morgan fingerprint density at radius 1 is 1.15 bits per heavy atom. The molecule has 0 aliphatic rings. The molecule has 0 bridgehead atoms. The third-order valence-electron chi connectivity index (χ3n) is 2.85. The highest BCUT2D eigenvalue weighted by Gasteiger charge is 2.16. The number of fused-ring (bicyclic) bond motifs is 1. The van der Waals surface area contributed by atoms with Gasteiger partial charge in [-0.25, -0.2) is 9.37 Å². The van der Waals surface area contributed by atoms with Gasteiger partial charge in [0.2, 0.25) is 5.82 Å². The average Bonchev–Trinajstić information content (AvgIpc) is 2.81. The molecule has 1 aromatic carbocycles. The van der Waals surface area contributed by atoms with Crippen molar-refractivity contribution in [3.8, 4) is 11.3 Å². The van der Waals surface area contributed by atoms with E-state index in [1.807, 2.05) is 0 Å². The lowest BCUT2D eigenvalue weighted by molar-refractivity contribution is -0.387. The van der Waals surface area contributed by atoms with E-state index in [1.165, 1.54) is 35.0 Å². The molecule has 0 saturated carbocycles. The average molecular weight is 275 g/mol. The molecule has 3 rings (SSSR count). The number of nitrogens with zero attached hydrogens (tertiary/aromatic N) is 3.